The lowest BCUT2D eigenvalue weighted by Crippen LogP contribution is -2.36. The lowest BCUT2D eigenvalue weighted by Gasteiger charge is -2.32. The molecular weight excluding hydrogens is 362 g/mol. The van der Waals surface area contributed by atoms with Gasteiger partial charge in [-0.05, 0) is 55.7 Å². The molecule has 0 unspecified atom stereocenters. The van der Waals surface area contributed by atoms with Gasteiger partial charge >= 0.3 is 0 Å². The van der Waals surface area contributed by atoms with Gasteiger partial charge in [0.1, 0.15) is 0 Å². The van der Waals surface area contributed by atoms with Gasteiger partial charge in [-0.2, -0.15) is 0 Å². The van der Waals surface area contributed by atoms with Crippen LogP contribution in [0.2, 0.25) is 0 Å². The van der Waals surface area contributed by atoms with Crippen LogP contribution in [0.3, 0.4) is 0 Å². The summed E-state index contributed by atoms with van der Waals surface area (Å²) in [5.41, 5.74) is 1.63. The summed E-state index contributed by atoms with van der Waals surface area (Å²) in [6, 6.07) is 7.52. The average Bonchev–Trinajstić information content (AvgIpc) is 2.67. The van der Waals surface area contributed by atoms with Gasteiger partial charge in [-0.25, -0.2) is 0 Å². The second-order valence-corrected chi connectivity index (χ2v) is 7.19. The maximum Gasteiger partial charge on any atom is 0.235 e. The van der Waals surface area contributed by atoms with Crippen molar-refractivity contribution in [1.82, 2.24) is 0 Å². The molecule has 1 aliphatic heterocycles. The van der Waals surface area contributed by atoms with Crippen molar-refractivity contribution in [2.45, 2.75) is 25.9 Å². The summed E-state index contributed by atoms with van der Waals surface area (Å²) in [4.78, 5) is 14.9. The molecular formula is C21H21NO6. The second-order valence-electron chi connectivity index (χ2n) is 7.19. The fourth-order valence-corrected chi connectivity index (χ4v) is 3.61. The lowest BCUT2D eigenvalue weighted by molar-refractivity contribution is 0.145. The summed E-state index contributed by atoms with van der Waals surface area (Å²) in [6.07, 6.45) is 0.909. The molecule has 4 N–H and O–H groups in total. The van der Waals surface area contributed by atoms with Crippen molar-refractivity contribution < 1.29 is 24.8 Å². The molecule has 1 aliphatic rings. The zero-order valence-electron chi connectivity index (χ0n) is 15.3. The molecule has 1 fully saturated rings. The van der Waals surface area contributed by atoms with Crippen molar-refractivity contribution in [2.75, 3.05) is 18.0 Å². The smallest absolute Gasteiger partial charge is 0.235 e. The van der Waals surface area contributed by atoms with Gasteiger partial charge < -0.3 is 29.7 Å². The van der Waals surface area contributed by atoms with E-state index in [0.717, 1.165) is 11.3 Å². The van der Waals surface area contributed by atoms with Crippen LogP contribution in [-0.2, 0) is 0 Å². The largest absolute Gasteiger partial charge is 0.504 e. The van der Waals surface area contributed by atoms with Gasteiger partial charge in [0, 0.05) is 18.7 Å². The Kier molecular flexibility index (Phi) is 4.39. The molecule has 1 saturated heterocycles. The van der Waals surface area contributed by atoms with Crippen LogP contribution < -0.4 is 10.3 Å². The molecule has 7 nitrogen and oxygen atoms in total. The van der Waals surface area contributed by atoms with E-state index >= 15 is 0 Å². The number of fused-ring (bicyclic) bond motifs is 1. The Morgan fingerprint density at radius 3 is 2.43 bits per heavy atom. The Hall–Kier alpha value is -3.19. The van der Waals surface area contributed by atoms with Crippen molar-refractivity contribution in [2.24, 2.45) is 0 Å². The monoisotopic (exact) mass is 383 g/mol. The van der Waals surface area contributed by atoms with Gasteiger partial charge in [0.05, 0.1) is 17.2 Å². The predicted molar refractivity (Wildman–Crippen MR) is 105 cm³/mol. The quantitative estimate of drug-likeness (QED) is 0.503. The first-order valence-electron chi connectivity index (χ1n) is 9.11. The van der Waals surface area contributed by atoms with Crippen molar-refractivity contribution in [1.29, 1.82) is 0 Å². The van der Waals surface area contributed by atoms with E-state index in [-0.39, 0.29) is 34.3 Å². The standard InChI is InChI=1S/C21H21NO6/c1-11-8-14-18(26)19(27)20(12-2-3-16(24)17(25)10-12)28-21(14)15(9-11)22-6-4-13(23)5-7-22/h2-3,8-10,13,23-25,27H,4-7H2,1H3. The molecule has 3 aromatic rings. The number of nitrogens with zero attached hydrogens (tertiary/aromatic N) is 1. The zero-order chi connectivity index (χ0) is 20.0. The Morgan fingerprint density at radius 2 is 1.75 bits per heavy atom. The normalized spacial score (nSPS) is 15.3. The molecule has 1 aromatic heterocycles. The highest BCUT2D eigenvalue weighted by Crippen LogP contribution is 2.38. The molecule has 0 atom stereocenters. The molecule has 146 valence electrons. The zero-order valence-corrected chi connectivity index (χ0v) is 15.3. The van der Waals surface area contributed by atoms with Gasteiger partial charge in [-0.3, -0.25) is 4.79 Å². The van der Waals surface area contributed by atoms with Crippen molar-refractivity contribution in [3.63, 3.8) is 0 Å². The molecule has 28 heavy (non-hydrogen) atoms. The molecule has 0 aliphatic carbocycles. The minimum Gasteiger partial charge on any atom is -0.504 e. The van der Waals surface area contributed by atoms with E-state index < -0.39 is 11.2 Å². The van der Waals surface area contributed by atoms with Crippen LogP contribution in [0.4, 0.5) is 5.69 Å². The van der Waals surface area contributed by atoms with Crippen molar-refractivity contribution in [3.05, 3.63) is 46.1 Å². The first kappa shape index (κ1) is 18.2. The highest BCUT2D eigenvalue weighted by Gasteiger charge is 2.23. The minimum absolute atomic E-state index is 0.0741. The van der Waals surface area contributed by atoms with Gasteiger partial charge in [0.15, 0.2) is 22.8 Å². The van der Waals surface area contributed by atoms with Crippen LogP contribution in [0.5, 0.6) is 17.2 Å². The van der Waals surface area contributed by atoms with Crippen LogP contribution in [0, 0.1) is 6.92 Å². The van der Waals surface area contributed by atoms with Crippen LogP contribution in [0.1, 0.15) is 18.4 Å². The van der Waals surface area contributed by atoms with E-state index in [9.17, 15) is 25.2 Å². The third-order valence-electron chi connectivity index (χ3n) is 5.14. The molecule has 0 radical (unpaired) electrons. The topological polar surface area (TPSA) is 114 Å². The number of hydrogen-bond donors (Lipinski definition) is 4. The van der Waals surface area contributed by atoms with Crippen LogP contribution in [-0.4, -0.2) is 39.6 Å². The predicted octanol–water partition coefficient (Wildman–Crippen LogP) is 2.85. The van der Waals surface area contributed by atoms with Crippen molar-refractivity contribution in [3.8, 4) is 28.6 Å². The van der Waals surface area contributed by atoms with E-state index in [4.69, 9.17) is 4.42 Å². The van der Waals surface area contributed by atoms with E-state index in [1.807, 2.05) is 13.0 Å². The van der Waals surface area contributed by atoms with Gasteiger partial charge in [0.2, 0.25) is 11.2 Å². The summed E-state index contributed by atoms with van der Waals surface area (Å²) >= 11 is 0. The van der Waals surface area contributed by atoms with E-state index in [1.165, 1.54) is 18.2 Å². The summed E-state index contributed by atoms with van der Waals surface area (Å²) in [5, 5.41) is 39.8. The van der Waals surface area contributed by atoms with E-state index in [0.29, 0.717) is 31.5 Å². The third-order valence-corrected chi connectivity index (χ3v) is 5.14. The second kappa shape index (κ2) is 6.76. The highest BCUT2D eigenvalue weighted by atomic mass is 16.4. The third kappa shape index (κ3) is 3.03. The number of rotatable bonds is 2. The van der Waals surface area contributed by atoms with E-state index in [1.54, 1.807) is 6.07 Å². The fourth-order valence-electron chi connectivity index (χ4n) is 3.61. The molecule has 0 bridgehead atoms. The first-order chi connectivity index (χ1) is 13.3. The molecule has 7 heteroatoms. The average molecular weight is 383 g/mol. The van der Waals surface area contributed by atoms with Gasteiger partial charge in [0.25, 0.3) is 0 Å². The van der Waals surface area contributed by atoms with Gasteiger partial charge in [-0.15, -0.1) is 0 Å². The van der Waals surface area contributed by atoms with Crippen molar-refractivity contribution >= 4 is 16.7 Å². The number of benzene rings is 2. The number of aryl methyl sites for hydroxylation is 1. The van der Waals surface area contributed by atoms with Crippen LogP contribution in [0.15, 0.2) is 39.5 Å². The molecule has 0 saturated carbocycles. The number of phenols is 2. The maximum absolute atomic E-state index is 12.8. The summed E-state index contributed by atoms with van der Waals surface area (Å²) < 4.78 is 5.97. The molecule has 4 rings (SSSR count). The number of hydrogen-bond acceptors (Lipinski definition) is 7. The molecule has 0 amide bonds. The first-order valence-corrected chi connectivity index (χ1v) is 9.11. The number of aliphatic hydroxyl groups is 1. The Morgan fingerprint density at radius 1 is 1.04 bits per heavy atom. The van der Waals surface area contributed by atoms with E-state index in [2.05, 4.69) is 4.90 Å². The minimum atomic E-state index is -0.564. The maximum atomic E-state index is 12.8. The Balaban J connectivity index is 1.95. The molecule has 2 aromatic carbocycles. The number of anilines is 1. The highest BCUT2D eigenvalue weighted by molar-refractivity contribution is 5.92. The molecule has 2 heterocycles. The van der Waals surface area contributed by atoms with Crippen LogP contribution >= 0.6 is 0 Å². The summed E-state index contributed by atoms with van der Waals surface area (Å²) in [5.74, 6) is -1.32. The lowest BCUT2D eigenvalue weighted by atomic mass is 10.0. The number of aliphatic hydroxyl groups excluding tert-OH is 1. The Labute approximate surface area is 160 Å². The number of piperidine rings is 1. The molecule has 0 spiro atoms. The van der Waals surface area contributed by atoms with Crippen LogP contribution in [0.25, 0.3) is 22.3 Å². The summed E-state index contributed by atoms with van der Waals surface area (Å²) in [7, 11) is 0. The van der Waals surface area contributed by atoms with Gasteiger partial charge in [-0.1, -0.05) is 0 Å². The fraction of sp³-hybridized carbons (Fsp3) is 0.286. The number of aromatic hydroxyl groups is 3. The number of phenolic OH excluding ortho intramolecular Hbond substituents is 2. The Bertz CT molecular complexity index is 1110. The SMILES string of the molecule is Cc1cc(N2CCC(O)CC2)c2oc(-c3ccc(O)c(O)c3)c(O)c(=O)c2c1. The summed E-state index contributed by atoms with van der Waals surface area (Å²) in [6.45, 7) is 3.11.